The van der Waals surface area contributed by atoms with Crippen LogP contribution in [-0.2, 0) is 33.4 Å². The predicted molar refractivity (Wildman–Crippen MR) is 262 cm³/mol. The average Bonchev–Trinajstić information content (AvgIpc) is 3.58. The number of amides is 2. The van der Waals surface area contributed by atoms with E-state index in [1.165, 1.54) is 53.0 Å². The number of thioether (sulfide) groups is 1. The fraction of sp³-hybridized carbons (Fsp3) is 0.596. The number of esters is 1. The molecule has 386 valence electrons. The van der Waals surface area contributed by atoms with E-state index in [0.29, 0.717) is 13.0 Å². The smallest absolute Gasteiger partial charge is 0.312 e. The lowest BCUT2D eigenvalue weighted by Crippen LogP contribution is -2.46. The molecule has 0 aromatic heterocycles. The van der Waals surface area contributed by atoms with Crippen molar-refractivity contribution in [1.29, 1.82) is 0 Å². The number of carboxylic acid groups (broad SMARTS) is 1. The Morgan fingerprint density at radius 2 is 1.46 bits per heavy atom. The molecule has 0 radical (unpaired) electrons. The zero-order valence-electron chi connectivity index (χ0n) is 41.9. The summed E-state index contributed by atoms with van der Waals surface area (Å²) < 4.78 is 23.5. The van der Waals surface area contributed by atoms with Crippen molar-refractivity contribution in [1.82, 2.24) is 10.6 Å². The van der Waals surface area contributed by atoms with Crippen LogP contribution in [0.2, 0.25) is 0 Å². The Morgan fingerprint density at radius 3 is 2.07 bits per heavy atom. The quantitative estimate of drug-likeness (QED) is 0.0628. The van der Waals surface area contributed by atoms with Crippen molar-refractivity contribution >= 4 is 52.9 Å². The van der Waals surface area contributed by atoms with Crippen LogP contribution in [0.5, 0.6) is 11.5 Å². The first-order chi connectivity index (χ1) is 33.1. The van der Waals surface area contributed by atoms with E-state index >= 15 is 0 Å². The number of ether oxygens (including phenoxy) is 4. The maximum Gasteiger partial charge on any atom is 0.312 e. The Labute approximate surface area is 414 Å². The van der Waals surface area contributed by atoms with Crippen molar-refractivity contribution in [3.63, 3.8) is 0 Å². The van der Waals surface area contributed by atoms with Crippen molar-refractivity contribution in [2.45, 2.75) is 156 Å². The SMILES string of the molecule is CO[C@H]1/C=C/O[C@@]2(C)Oc3c(C)c(O)c4c(c3C2=O)C(=O)C(SCCC(=O)NCCCCCCCCCCCC(=O)O)=C(NC(=O)/C(C)=C\C=C\[C@H](C)[C@H](O)[C@@H](C)[C@@H](O)[C@@H](C)[C@H](OC(C)=O)[C@@H]1C)C4=O. The normalized spacial score (nSPS) is 28.0. The molecule has 1 aromatic rings. The number of ketones is 3. The molecule has 9 atom stereocenters. The first kappa shape index (κ1) is 57.3. The molecule has 3 aliphatic heterocycles. The van der Waals surface area contributed by atoms with Crippen molar-refractivity contribution in [2.24, 2.45) is 23.7 Å². The molecule has 1 aromatic carbocycles. The summed E-state index contributed by atoms with van der Waals surface area (Å²) in [7, 11) is 1.41. The number of hydrogen-bond acceptors (Lipinski definition) is 15. The van der Waals surface area contributed by atoms with Crippen LogP contribution in [0.25, 0.3) is 0 Å². The fourth-order valence-electron chi connectivity index (χ4n) is 9.00. The van der Waals surface area contributed by atoms with Crippen LogP contribution in [-0.4, -0.2) is 111 Å². The second-order valence-electron chi connectivity index (χ2n) is 18.8. The van der Waals surface area contributed by atoms with Crippen LogP contribution in [0.1, 0.15) is 156 Å². The Hall–Kier alpha value is -5.30. The molecule has 6 N–H and O–H groups in total. The van der Waals surface area contributed by atoms with Gasteiger partial charge in [-0.1, -0.05) is 90.9 Å². The van der Waals surface area contributed by atoms with E-state index in [-0.39, 0.29) is 51.9 Å². The molecule has 2 amide bonds. The number of fused-ring (bicyclic) bond motifs is 14. The van der Waals surface area contributed by atoms with Gasteiger partial charge in [0.25, 0.3) is 11.7 Å². The van der Waals surface area contributed by atoms with Gasteiger partial charge in [-0.25, -0.2) is 0 Å². The molecular formula is C52H72N2O15S. The Bertz CT molecular complexity index is 2250. The van der Waals surface area contributed by atoms with Gasteiger partial charge in [0.15, 0.2) is 0 Å². The summed E-state index contributed by atoms with van der Waals surface area (Å²) >= 11 is 0.844. The van der Waals surface area contributed by atoms with Crippen LogP contribution in [0, 0.1) is 30.6 Å². The average molecular weight is 997 g/mol. The minimum atomic E-state index is -2.13. The number of aliphatic hydroxyl groups excluding tert-OH is 2. The largest absolute Gasteiger partial charge is 0.507 e. The van der Waals surface area contributed by atoms with Crippen LogP contribution < -0.4 is 15.4 Å². The lowest BCUT2D eigenvalue weighted by atomic mass is 9.78. The van der Waals surface area contributed by atoms with Crippen LogP contribution in [0.15, 0.2) is 46.7 Å². The number of hydrogen-bond donors (Lipinski definition) is 6. The summed E-state index contributed by atoms with van der Waals surface area (Å²) in [6, 6.07) is 0. The molecule has 0 fully saturated rings. The Morgan fingerprint density at radius 1 is 0.829 bits per heavy atom. The molecule has 4 aliphatic rings. The predicted octanol–water partition coefficient (Wildman–Crippen LogP) is 7.18. The van der Waals surface area contributed by atoms with Gasteiger partial charge in [-0.05, 0) is 32.8 Å². The van der Waals surface area contributed by atoms with Gasteiger partial charge >= 0.3 is 17.7 Å². The van der Waals surface area contributed by atoms with Gasteiger partial charge in [0.2, 0.25) is 17.5 Å². The molecule has 5 bridgehead atoms. The summed E-state index contributed by atoms with van der Waals surface area (Å²) in [5.74, 6) is -10.7. The second kappa shape index (κ2) is 26.2. The molecule has 3 heterocycles. The number of carbonyl (C=O) groups excluding carboxylic acids is 6. The fourth-order valence-corrected chi connectivity index (χ4v) is 10.0. The first-order valence-corrected chi connectivity index (χ1v) is 25.2. The van der Waals surface area contributed by atoms with Crippen LogP contribution >= 0.6 is 11.8 Å². The van der Waals surface area contributed by atoms with Gasteiger partial charge in [0.1, 0.15) is 23.3 Å². The summed E-state index contributed by atoms with van der Waals surface area (Å²) in [5, 5.41) is 48.7. The molecule has 17 nitrogen and oxygen atoms in total. The third-order valence-corrected chi connectivity index (χ3v) is 14.5. The second-order valence-corrected chi connectivity index (χ2v) is 19.9. The summed E-state index contributed by atoms with van der Waals surface area (Å²) in [4.78, 5) is 93.4. The number of methoxy groups -OCH3 is 1. The maximum atomic E-state index is 14.8. The molecule has 1 aliphatic carbocycles. The van der Waals surface area contributed by atoms with Crippen molar-refractivity contribution < 1.29 is 72.9 Å². The number of nitrogens with one attached hydrogen (secondary N) is 2. The lowest BCUT2D eigenvalue weighted by molar-refractivity contribution is -0.160. The van der Waals surface area contributed by atoms with Gasteiger partial charge in [-0.3, -0.25) is 33.6 Å². The Kier molecular flexibility index (Phi) is 21.5. The van der Waals surface area contributed by atoms with Gasteiger partial charge in [-0.2, -0.15) is 0 Å². The Balaban J connectivity index is 1.64. The van der Waals surface area contributed by atoms with Crippen molar-refractivity contribution in [3.05, 3.63) is 69.0 Å². The first-order valence-electron chi connectivity index (χ1n) is 24.2. The van der Waals surface area contributed by atoms with E-state index in [1.54, 1.807) is 33.8 Å². The third kappa shape index (κ3) is 14.2. The molecule has 0 spiro atoms. The molecular weight excluding hydrogens is 925 g/mol. The minimum Gasteiger partial charge on any atom is -0.507 e. The van der Waals surface area contributed by atoms with E-state index < -0.39 is 112 Å². The van der Waals surface area contributed by atoms with E-state index in [0.717, 1.165) is 69.4 Å². The van der Waals surface area contributed by atoms with Crippen LogP contribution in [0.4, 0.5) is 0 Å². The number of phenols is 1. The van der Waals surface area contributed by atoms with E-state index in [2.05, 4.69) is 10.6 Å². The minimum absolute atomic E-state index is 0.00146. The molecule has 18 heteroatoms. The number of allylic oxidation sites excluding steroid dienone is 4. The lowest BCUT2D eigenvalue weighted by Gasteiger charge is -2.38. The highest BCUT2D eigenvalue weighted by molar-refractivity contribution is 8.04. The zero-order valence-corrected chi connectivity index (χ0v) is 42.7. The van der Waals surface area contributed by atoms with E-state index in [4.69, 9.17) is 24.1 Å². The number of benzene rings is 1. The standard InChI is InChI=1S/C52H72N2O15S/c1-28-20-19-21-29(2)51(65)54-41-45(62)39-38(46(63)49(41)70-27-24-36(56)53-25-18-16-14-12-10-11-13-15-17-22-37(57)58)40-48(33(6)44(39)61)69-52(8,50(40)64)67-26-23-35(66-9)30(3)47(68-34(7)55)32(5)43(60)31(4)42(28)59/h19-21,23,26,28,30-32,35,42-43,47,59-61H,10-18,22,24-25,27H2,1-9H3,(H,53,56)(H,54,65)(H,57,58)/b20-19+,26-23+,29-21-/t28-,30+,31+,32+,35-,42-,43+,47+,52-/m0/s1. The number of carbonyl (C=O) groups is 7. The number of aliphatic hydroxyl groups is 2. The van der Waals surface area contributed by atoms with E-state index in [1.807, 2.05) is 0 Å². The number of rotatable bonds is 18. The monoisotopic (exact) mass is 996 g/mol. The highest BCUT2D eigenvalue weighted by Crippen LogP contribution is 2.49. The van der Waals surface area contributed by atoms with Crippen molar-refractivity contribution in [2.75, 3.05) is 19.4 Å². The highest BCUT2D eigenvalue weighted by atomic mass is 32.2. The number of Topliss-reactive ketones (excluding diaryl/α,β-unsaturated/α-hetero) is 3. The summed E-state index contributed by atoms with van der Waals surface area (Å²) in [5.41, 5.74) is -1.67. The molecule has 0 saturated carbocycles. The molecule has 5 rings (SSSR count). The van der Waals surface area contributed by atoms with Gasteiger partial charge < -0.3 is 50.0 Å². The number of carboxylic acids is 1. The van der Waals surface area contributed by atoms with Crippen molar-refractivity contribution in [3.8, 4) is 11.5 Å². The van der Waals surface area contributed by atoms with Gasteiger partial charge in [-0.15, -0.1) is 11.8 Å². The molecule has 70 heavy (non-hydrogen) atoms. The topological polar surface area (TPSA) is 261 Å². The highest BCUT2D eigenvalue weighted by Gasteiger charge is 2.53. The number of aromatic hydroxyl groups is 1. The maximum absolute atomic E-state index is 14.8. The summed E-state index contributed by atoms with van der Waals surface area (Å²) in [6.07, 6.45) is 11.8. The number of phenolic OH excluding ortho intramolecular Hbond substituents is 1. The number of unbranched alkanes of at least 4 members (excludes halogenated alkanes) is 8. The third-order valence-electron chi connectivity index (χ3n) is 13.4. The molecule has 0 unspecified atom stereocenters. The van der Waals surface area contributed by atoms with E-state index in [9.17, 15) is 48.9 Å². The van der Waals surface area contributed by atoms with Gasteiger partial charge in [0, 0.05) is 80.9 Å². The zero-order chi connectivity index (χ0) is 52.0. The molecule has 0 saturated heterocycles. The summed E-state index contributed by atoms with van der Waals surface area (Å²) in [6.45, 7) is 12.7. The van der Waals surface area contributed by atoms with Crippen LogP contribution in [0.3, 0.4) is 0 Å². The van der Waals surface area contributed by atoms with Gasteiger partial charge in [0.05, 0.1) is 46.2 Å². The number of aliphatic carboxylic acids is 1.